The molecule has 14 heteroatoms. The molecule has 1 aliphatic heterocycles. The zero-order chi connectivity index (χ0) is 31.4. The molecule has 14 nitrogen and oxygen atoms in total. The van der Waals surface area contributed by atoms with Gasteiger partial charge in [-0.2, -0.15) is 5.10 Å². The minimum Gasteiger partial charge on any atom is -0.490 e. The molecule has 0 spiro atoms. The van der Waals surface area contributed by atoms with Crippen molar-refractivity contribution in [3.63, 3.8) is 0 Å². The molecule has 1 aliphatic rings. The fourth-order valence-electron chi connectivity index (χ4n) is 4.01. The molecule has 4 N–H and O–H groups in total. The van der Waals surface area contributed by atoms with Crippen LogP contribution in [0.15, 0.2) is 52.8 Å². The lowest BCUT2D eigenvalue weighted by Gasteiger charge is -2.28. The Labute approximate surface area is 248 Å². The molecule has 2 amide bonds. The lowest BCUT2D eigenvalue weighted by molar-refractivity contribution is -0.143. The molecule has 3 rings (SSSR count). The molecule has 0 unspecified atom stereocenters. The van der Waals surface area contributed by atoms with Gasteiger partial charge in [0.25, 0.3) is 0 Å². The van der Waals surface area contributed by atoms with E-state index in [9.17, 15) is 19.5 Å². The summed E-state index contributed by atoms with van der Waals surface area (Å²) in [5.74, 6) is 0.368. The Balaban J connectivity index is 1.65. The summed E-state index contributed by atoms with van der Waals surface area (Å²) >= 11 is 0. The molecule has 2 aromatic rings. The number of aliphatic hydroxyl groups excluding tert-OH is 1. The van der Waals surface area contributed by atoms with Crippen molar-refractivity contribution in [1.29, 1.82) is 0 Å². The fraction of sp³-hybridized carbons (Fsp3) is 0.379. The Hall–Kier alpha value is -4.98. The van der Waals surface area contributed by atoms with Crippen LogP contribution in [0.1, 0.15) is 37.9 Å². The first-order valence-electron chi connectivity index (χ1n) is 13.4. The highest BCUT2D eigenvalue weighted by Crippen LogP contribution is 2.35. The van der Waals surface area contributed by atoms with E-state index in [1.807, 2.05) is 6.92 Å². The van der Waals surface area contributed by atoms with E-state index in [-0.39, 0.29) is 18.8 Å². The summed E-state index contributed by atoms with van der Waals surface area (Å²) in [5.41, 5.74) is 4.43. The molecular weight excluding hydrogens is 564 g/mol. The van der Waals surface area contributed by atoms with E-state index in [0.29, 0.717) is 53.0 Å². The van der Waals surface area contributed by atoms with E-state index >= 15 is 0 Å². The van der Waals surface area contributed by atoms with Gasteiger partial charge in [-0.25, -0.2) is 14.4 Å². The summed E-state index contributed by atoms with van der Waals surface area (Å²) in [6, 6.07) is 8.73. The van der Waals surface area contributed by atoms with E-state index in [4.69, 9.17) is 23.7 Å². The number of esters is 2. The first-order valence-corrected chi connectivity index (χ1v) is 13.4. The number of carbonyl (C=O) groups is 3. The fourth-order valence-corrected chi connectivity index (χ4v) is 4.01. The number of carbonyl (C=O) groups excluding carboxylic acids is 3. The van der Waals surface area contributed by atoms with Crippen molar-refractivity contribution < 1.29 is 47.9 Å². The highest BCUT2D eigenvalue weighted by Gasteiger charge is 2.32. The van der Waals surface area contributed by atoms with Gasteiger partial charge in [0, 0.05) is 5.70 Å². The molecule has 2 aromatic carbocycles. The molecule has 0 radical (unpaired) electrons. The number of rotatable bonds is 15. The predicted octanol–water partition coefficient (Wildman–Crippen LogP) is 2.16. The Bertz CT molecular complexity index is 1360. The van der Waals surface area contributed by atoms with Crippen LogP contribution in [0.25, 0.3) is 0 Å². The average molecular weight is 601 g/mol. The van der Waals surface area contributed by atoms with Crippen molar-refractivity contribution in [1.82, 2.24) is 16.1 Å². The molecule has 0 saturated heterocycles. The normalized spacial score (nSPS) is 15.2. The van der Waals surface area contributed by atoms with Crippen LogP contribution >= 0.6 is 0 Å². The molecule has 0 aromatic heterocycles. The monoisotopic (exact) mass is 600 g/mol. The molecule has 0 aliphatic carbocycles. The minimum atomic E-state index is -1.18. The number of allylic oxidation sites excluding steroid dienone is 1. The molecule has 0 fully saturated rings. The minimum absolute atomic E-state index is 0.183. The highest BCUT2D eigenvalue weighted by atomic mass is 16.6. The third-order valence-electron chi connectivity index (χ3n) is 5.95. The summed E-state index contributed by atoms with van der Waals surface area (Å²) in [7, 11) is 2.54. The predicted molar refractivity (Wildman–Crippen MR) is 154 cm³/mol. The van der Waals surface area contributed by atoms with Gasteiger partial charge in [0.2, 0.25) is 0 Å². The molecule has 0 bridgehead atoms. The number of ether oxygens (including phenoxy) is 6. The van der Waals surface area contributed by atoms with Crippen LogP contribution in [0.2, 0.25) is 0 Å². The largest absolute Gasteiger partial charge is 0.490 e. The third-order valence-corrected chi connectivity index (χ3v) is 5.95. The number of benzene rings is 2. The quantitative estimate of drug-likeness (QED) is 0.102. The smallest absolute Gasteiger partial charge is 0.343 e. The van der Waals surface area contributed by atoms with Crippen molar-refractivity contribution in [3.05, 3.63) is 58.8 Å². The van der Waals surface area contributed by atoms with Crippen molar-refractivity contribution in [3.8, 4) is 23.0 Å². The molecule has 1 heterocycles. The number of hydrogen-bond acceptors (Lipinski definition) is 12. The average Bonchev–Trinajstić information content (AvgIpc) is 2.99. The van der Waals surface area contributed by atoms with Gasteiger partial charge in [-0.05, 0) is 62.2 Å². The number of hydrazone groups is 1. The van der Waals surface area contributed by atoms with Crippen LogP contribution in [0, 0.1) is 0 Å². The maximum atomic E-state index is 12.4. The first kappa shape index (κ1) is 32.5. The van der Waals surface area contributed by atoms with Gasteiger partial charge < -0.3 is 44.2 Å². The van der Waals surface area contributed by atoms with E-state index in [2.05, 4.69) is 25.9 Å². The standard InChI is InChI=1S/C29H36N4O10/c1-6-40-22-12-18(8-10-20(22)43-16-25(35)38-4)14-30-33-24(34)15-42-21-11-9-19(13-23(21)41-7-2)27-26(28(36)39-5)17(3)31-29(37)32-27/h8-14,24,27,33-34H,6-7,15-16H2,1-5H3,(H2,31,32,37)/b30-14-/t24-,27-/m1/s1. The third kappa shape index (κ3) is 9.00. The zero-order valence-electron chi connectivity index (χ0n) is 24.6. The molecular formula is C29H36N4O10. The number of methoxy groups -OCH3 is 2. The lowest BCUT2D eigenvalue weighted by Crippen LogP contribution is -2.45. The number of nitrogens with one attached hydrogen (secondary N) is 3. The Morgan fingerprint density at radius 2 is 1.65 bits per heavy atom. The van der Waals surface area contributed by atoms with Gasteiger partial charge >= 0.3 is 18.0 Å². The second-order valence-corrected chi connectivity index (χ2v) is 8.92. The van der Waals surface area contributed by atoms with Crippen LogP contribution in [0.3, 0.4) is 0 Å². The van der Waals surface area contributed by atoms with E-state index < -0.39 is 30.2 Å². The SMILES string of the molecule is CCOc1cc(/C=N\N[C@H](O)COc2ccc([C@H]3NC(=O)NC(C)=C3C(=O)OC)cc2OCC)ccc1OCC(=O)OC. The summed E-state index contributed by atoms with van der Waals surface area (Å²) in [6.07, 6.45) is 0.289. The van der Waals surface area contributed by atoms with Crippen LogP contribution < -0.4 is 35.0 Å². The number of urea groups is 1. The van der Waals surface area contributed by atoms with Crippen LogP contribution in [0.5, 0.6) is 23.0 Å². The van der Waals surface area contributed by atoms with Crippen LogP contribution in [-0.2, 0) is 19.1 Å². The van der Waals surface area contributed by atoms with Crippen molar-refractivity contribution in [2.24, 2.45) is 5.10 Å². The second kappa shape index (κ2) is 15.9. The lowest BCUT2D eigenvalue weighted by atomic mass is 9.95. The van der Waals surface area contributed by atoms with Gasteiger partial charge in [-0.15, -0.1) is 0 Å². The first-order chi connectivity index (χ1) is 20.7. The summed E-state index contributed by atoms with van der Waals surface area (Å²) < 4.78 is 32.0. The summed E-state index contributed by atoms with van der Waals surface area (Å²) in [6.45, 7) is 5.48. The Morgan fingerprint density at radius 1 is 0.977 bits per heavy atom. The molecule has 0 saturated carbocycles. The molecule has 232 valence electrons. The van der Waals surface area contributed by atoms with Gasteiger partial charge in [0.05, 0.1) is 45.3 Å². The number of aliphatic hydroxyl groups is 1. The van der Waals surface area contributed by atoms with E-state index in [1.54, 1.807) is 50.2 Å². The van der Waals surface area contributed by atoms with Crippen LogP contribution in [0.4, 0.5) is 4.79 Å². The van der Waals surface area contributed by atoms with Gasteiger partial charge in [-0.3, -0.25) is 5.43 Å². The second-order valence-electron chi connectivity index (χ2n) is 8.92. The zero-order valence-corrected chi connectivity index (χ0v) is 24.6. The summed E-state index contributed by atoms with van der Waals surface area (Å²) in [4.78, 5) is 35.9. The molecule has 43 heavy (non-hydrogen) atoms. The number of amides is 2. The summed E-state index contributed by atoms with van der Waals surface area (Å²) in [5, 5.41) is 19.7. The van der Waals surface area contributed by atoms with Gasteiger partial charge in [0.1, 0.15) is 6.61 Å². The van der Waals surface area contributed by atoms with Crippen molar-refractivity contribution in [2.45, 2.75) is 33.0 Å². The van der Waals surface area contributed by atoms with Gasteiger partial charge in [0.15, 0.2) is 35.8 Å². The number of nitrogens with zero attached hydrogens (tertiary/aromatic N) is 1. The topological polar surface area (TPSA) is 175 Å². The molecule has 2 atom stereocenters. The van der Waals surface area contributed by atoms with E-state index in [0.717, 1.165) is 0 Å². The highest BCUT2D eigenvalue weighted by molar-refractivity contribution is 5.95. The van der Waals surface area contributed by atoms with Crippen LogP contribution in [-0.4, -0.2) is 76.2 Å². The van der Waals surface area contributed by atoms with Crippen molar-refractivity contribution >= 4 is 24.2 Å². The maximum Gasteiger partial charge on any atom is 0.343 e. The van der Waals surface area contributed by atoms with Crippen molar-refractivity contribution in [2.75, 3.05) is 40.6 Å². The maximum absolute atomic E-state index is 12.4. The number of hydrogen-bond donors (Lipinski definition) is 4. The Kier molecular flexibility index (Phi) is 12.0. The Morgan fingerprint density at radius 3 is 2.33 bits per heavy atom. The van der Waals surface area contributed by atoms with E-state index in [1.165, 1.54) is 20.4 Å². The van der Waals surface area contributed by atoms with Gasteiger partial charge in [-0.1, -0.05) is 6.07 Å².